The highest BCUT2D eigenvalue weighted by molar-refractivity contribution is 5.84. The molecule has 0 aromatic carbocycles. The van der Waals surface area contributed by atoms with Gasteiger partial charge in [0.15, 0.2) is 0 Å². The van der Waals surface area contributed by atoms with Crippen LogP contribution in [0.1, 0.15) is 6.42 Å². The quantitative estimate of drug-likeness (QED) is 0.0821. The predicted octanol–water partition coefficient (Wildman–Crippen LogP) is 7.60. The summed E-state index contributed by atoms with van der Waals surface area (Å²) in [5, 5.41) is 18.0. The molecule has 3 N–H and O–H groups in total. The van der Waals surface area contributed by atoms with Crippen LogP contribution in [0.4, 0.5) is 127 Å². The number of aliphatic hydroxyl groups excluding tert-OH is 2. The molecule has 0 heterocycles. The lowest BCUT2D eigenvalue weighted by Crippen LogP contribution is -2.79. The Balaban J connectivity index is 7.15. The molecular formula is C22H17F29N2O3. The van der Waals surface area contributed by atoms with E-state index in [2.05, 4.69) is 0 Å². The standard InChI is InChI=1S/C22H17F29N2O3/c23-9(24,8(56)52-2-1-3-53(4-6-54)5-7-55)10(25,26)11(27,28)12(29,30)13(31,32)14(33,34)15(35,36)16(37,38)17(39,40)18(41,42)19(43,44)20(45,46)21(47,48)22(49,50)51/h54-55H,1-7H2,(H,52,56). The molecular weight excluding hydrogens is 891 g/mol. The van der Waals surface area contributed by atoms with E-state index in [0.717, 1.165) is 4.90 Å². The number of rotatable bonds is 21. The second-order valence-corrected chi connectivity index (χ2v) is 10.9. The molecule has 0 rings (SSSR count). The molecule has 0 aliphatic carbocycles. The Morgan fingerprint density at radius 1 is 0.375 bits per heavy atom. The summed E-state index contributed by atoms with van der Waals surface area (Å²) in [7, 11) is 0. The molecule has 0 atom stereocenters. The summed E-state index contributed by atoms with van der Waals surface area (Å²) >= 11 is 0. The number of nitrogens with zero attached hydrogens (tertiary/aromatic N) is 1. The predicted molar refractivity (Wildman–Crippen MR) is 119 cm³/mol. The van der Waals surface area contributed by atoms with Gasteiger partial charge in [-0.2, -0.15) is 127 Å². The molecule has 0 aliphatic heterocycles. The normalized spacial score (nSPS) is 16.1. The number of halogens is 29. The maximum atomic E-state index is 14.1. The molecule has 1 amide bonds. The fourth-order valence-electron chi connectivity index (χ4n) is 3.72. The zero-order chi connectivity index (χ0) is 45.8. The van der Waals surface area contributed by atoms with Gasteiger partial charge in [-0.05, 0) is 13.0 Å². The molecule has 56 heavy (non-hydrogen) atoms. The molecule has 0 spiro atoms. The smallest absolute Gasteiger partial charge is 0.395 e. The van der Waals surface area contributed by atoms with Crippen LogP contribution >= 0.6 is 0 Å². The summed E-state index contributed by atoms with van der Waals surface area (Å²) < 4.78 is 394. The van der Waals surface area contributed by atoms with Gasteiger partial charge in [-0.25, -0.2) is 0 Å². The fourth-order valence-corrected chi connectivity index (χ4v) is 3.72. The number of carbonyl (C=O) groups is 1. The number of nitrogens with one attached hydrogen (secondary N) is 1. The van der Waals surface area contributed by atoms with Crippen LogP contribution in [0.25, 0.3) is 0 Å². The molecule has 0 aromatic rings. The summed E-state index contributed by atoms with van der Waals surface area (Å²) in [6.45, 7) is -4.15. The molecule has 0 unspecified atom stereocenters. The van der Waals surface area contributed by atoms with E-state index < -0.39 is 122 Å². The number of aliphatic hydroxyl groups is 2. The number of amides is 1. The van der Waals surface area contributed by atoms with Crippen molar-refractivity contribution in [2.75, 3.05) is 39.4 Å². The number of hydrogen-bond donors (Lipinski definition) is 3. The van der Waals surface area contributed by atoms with Crippen molar-refractivity contribution in [1.29, 1.82) is 0 Å². The monoisotopic (exact) mass is 908 g/mol. The van der Waals surface area contributed by atoms with Gasteiger partial charge in [-0.15, -0.1) is 0 Å². The van der Waals surface area contributed by atoms with Crippen LogP contribution in [0, 0.1) is 0 Å². The van der Waals surface area contributed by atoms with E-state index in [0.29, 0.717) is 5.32 Å². The molecule has 5 nitrogen and oxygen atoms in total. The number of carbonyl (C=O) groups excluding carboxylic acids is 1. The Bertz CT molecular complexity index is 1350. The van der Waals surface area contributed by atoms with Crippen LogP contribution in [0.15, 0.2) is 0 Å². The minimum atomic E-state index is -10.0. The first-order chi connectivity index (χ1) is 24.2. The van der Waals surface area contributed by atoms with E-state index in [1.807, 2.05) is 0 Å². The third-order valence-electron chi connectivity index (χ3n) is 7.14. The van der Waals surface area contributed by atoms with Crippen molar-refractivity contribution in [3.8, 4) is 0 Å². The molecule has 0 saturated carbocycles. The van der Waals surface area contributed by atoms with E-state index in [1.165, 1.54) is 0 Å². The molecule has 0 radical (unpaired) electrons. The Morgan fingerprint density at radius 2 is 0.607 bits per heavy atom. The van der Waals surface area contributed by atoms with Crippen LogP contribution in [0.3, 0.4) is 0 Å². The summed E-state index contributed by atoms with van der Waals surface area (Å²) in [5.74, 6) is -126. The van der Waals surface area contributed by atoms with E-state index in [1.54, 1.807) is 0 Å². The van der Waals surface area contributed by atoms with Crippen molar-refractivity contribution < 1.29 is 142 Å². The highest BCUT2D eigenvalue weighted by Crippen LogP contribution is 2.69. The van der Waals surface area contributed by atoms with Crippen molar-refractivity contribution in [2.45, 2.75) is 89.6 Å². The minimum Gasteiger partial charge on any atom is -0.395 e. The third kappa shape index (κ3) is 7.31. The van der Waals surface area contributed by atoms with Gasteiger partial charge in [0, 0.05) is 19.6 Å². The lowest BCUT2D eigenvalue weighted by Gasteiger charge is -2.46. The Labute approximate surface area is 288 Å². The average Bonchev–Trinajstić information content (AvgIpc) is 3.01. The molecule has 0 aromatic heterocycles. The highest BCUT2D eigenvalue weighted by Gasteiger charge is 3.01. The fraction of sp³-hybridized carbons (Fsp3) is 0.955. The zero-order valence-corrected chi connectivity index (χ0v) is 25.7. The van der Waals surface area contributed by atoms with Crippen molar-refractivity contribution in [3.05, 3.63) is 0 Å². The molecule has 0 bridgehead atoms. The molecule has 336 valence electrons. The van der Waals surface area contributed by atoms with Gasteiger partial charge in [0.2, 0.25) is 0 Å². The second kappa shape index (κ2) is 15.2. The van der Waals surface area contributed by atoms with E-state index in [-0.39, 0.29) is 13.1 Å². The molecule has 34 heteroatoms. The Kier molecular flexibility index (Phi) is 14.4. The van der Waals surface area contributed by atoms with Crippen molar-refractivity contribution in [1.82, 2.24) is 10.2 Å². The number of alkyl halides is 29. The van der Waals surface area contributed by atoms with Crippen LogP contribution in [0.2, 0.25) is 0 Å². The second-order valence-electron chi connectivity index (χ2n) is 10.9. The lowest BCUT2D eigenvalue weighted by molar-refractivity contribution is -0.486. The first kappa shape index (κ1) is 53.3. The Morgan fingerprint density at radius 3 is 0.839 bits per heavy atom. The van der Waals surface area contributed by atoms with Crippen LogP contribution in [-0.2, 0) is 4.79 Å². The minimum absolute atomic E-state index is 0.364. The van der Waals surface area contributed by atoms with Gasteiger partial charge in [-0.1, -0.05) is 0 Å². The van der Waals surface area contributed by atoms with Gasteiger partial charge in [0.1, 0.15) is 0 Å². The van der Waals surface area contributed by atoms with E-state index in [9.17, 15) is 132 Å². The van der Waals surface area contributed by atoms with E-state index >= 15 is 0 Å². The first-order valence-corrected chi connectivity index (χ1v) is 13.4. The van der Waals surface area contributed by atoms with Gasteiger partial charge in [0.25, 0.3) is 5.91 Å². The summed E-state index contributed by atoms with van der Waals surface area (Å²) in [6.07, 6.45) is -9.14. The van der Waals surface area contributed by atoms with Gasteiger partial charge in [-0.3, -0.25) is 9.69 Å². The molecule has 0 fully saturated rings. The van der Waals surface area contributed by atoms with E-state index in [4.69, 9.17) is 10.2 Å². The van der Waals surface area contributed by atoms with Crippen LogP contribution in [-0.4, -0.2) is 144 Å². The summed E-state index contributed by atoms with van der Waals surface area (Å²) in [6, 6.07) is 0. The Hall–Kier alpha value is -2.68. The zero-order valence-electron chi connectivity index (χ0n) is 25.7. The lowest BCUT2D eigenvalue weighted by atomic mass is 9.83. The van der Waals surface area contributed by atoms with Crippen LogP contribution < -0.4 is 5.32 Å². The van der Waals surface area contributed by atoms with Crippen molar-refractivity contribution in [2.24, 2.45) is 0 Å². The van der Waals surface area contributed by atoms with Crippen LogP contribution in [0.5, 0.6) is 0 Å². The summed E-state index contributed by atoms with van der Waals surface area (Å²) in [4.78, 5) is 12.4. The average molecular weight is 908 g/mol. The maximum Gasteiger partial charge on any atom is 0.460 e. The van der Waals surface area contributed by atoms with Crippen molar-refractivity contribution in [3.63, 3.8) is 0 Å². The number of hydrogen-bond acceptors (Lipinski definition) is 4. The van der Waals surface area contributed by atoms with Gasteiger partial charge >= 0.3 is 83.2 Å². The van der Waals surface area contributed by atoms with Gasteiger partial charge in [0.05, 0.1) is 13.2 Å². The van der Waals surface area contributed by atoms with Crippen molar-refractivity contribution >= 4 is 5.91 Å². The topological polar surface area (TPSA) is 72.8 Å². The maximum absolute atomic E-state index is 14.1. The SMILES string of the molecule is O=C(NCCCN(CCO)CCO)C(F)(F)C(F)(F)C(F)(F)C(F)(F)C(F)(F)C(F)(F)C(F)(F)C(F)(F)C(F)(F)C(F)(F)C(F)(F)C(F)(F)C(F)(F)C(F)(F)F. The largest absolute Gasteiger partial charge is 0.460 e. The highest BCUT2D eigenvalue weighted by atomic mass is 19.4. The summed E-state index contributed by atoms with van der Waals surface area (Å²) in [5.41, 5.74) is 0. The third-order valence-corrected chi connectivity index (χ3v) is 7.14. The van der Waals surface area contributed by atoms with Gasteiger partial charge < -0.3 is 15.5 Å². The molecule has 0 aliphatic rings. The molecule has 0 saturated heterocycles. The first-order valence-electron chi connectivity index (χ1n) is 13.4.